The van der Waals surface area contributed by atoms with E-state index in [0.717, 1.165) is 15.4 Å². The molecule has 19 heavy (non-hydrogen) atoms. The molecule has 3 N–H and O–H groups in total. The fourth-order valence-electron chi connectivity index (χ4n) is 1.76. The Morgan fingerprint density at radius 1 is 1.53 bits per heavy atom. The molecule has 1 aromatic carbocycles. The lowest BCUT2D eigenvalue weighted by Crippen LogP contribution is -2.37. The molecule has 0 aliphatic heterocycles. The number of rotatable bonds is 3. The third-order valence-electron chi connectivity index (χ3n) is 2.84. The summed E-state index contributed by atoms with van der Waals surface area (Å²) in [5.41, 5.74) is 7.03. The van der Waals surface area contributed by atoms with Crippen LogP contribution in [0, 0.1) is 6.92 Å². The van der Waals surface area contributed by atoms with Gasteiger partial charge < -0.3 is 15.5 Å². The molecule has 0 aliphatic rings. The average Bonchev–Trinajstić information content (AvgIpc) is 2.66. The third kappa shape index (κ3) is 3.29. The number of nitrogens with one attached hydrogen (secondary N) is 1. The van der Waals surface area contributed by atoms with Crippen molar-refractivity contribution in [3.8, 4) is 0 Å². The lowest BCUT2D eigenvalue weighted by Gasteiger charge is -2.09. The summed E-state index contributed by atoms with van der Waals surface area (Å²) in [5, 5.41) is 3.73. The smallest absolute Gasteiger partial charge is 0.287 e. The highest BCUT2D eigenvalue weighted by Gasteiger charge is 2.18. The minimum absolute atomic E-state index is 0. The van der Waals surface area contributed by atoms with Crippen molar-refractivity contribution in [3.63, 3.8) is 0 Å². The van der Waals surface area contributed by atoms with E-state index in [0.29, 0.717) is 17.9 Å². The number of hydrogen-bond acceptors (Lipinski definition) is 3. The minimum atomic E-state index is -0.224. The van der Waals surface area contributed by atoms with Gasteiger partial charge in [0.15, 0.2) is 5.76 Å². The number of furan rings is 1. The molecule has 2 rings (SSSR count). The quantitative estimate of drug-likeness (QED) is 0.897. The Morgan fingerprint density at radius 2 is 2.21 bits per heavy atom. The first kappa shape index (κ1) is 16.0. The largest absolute Gasteiger partial charge is 0.451 e. The molecule has 0 fully saturated rings. The summed E-state index contributed by atoms with van der Waals surface area (Å²) in [4.78, 5) is 12.0. The fourth-order valence-corrected chi connectivity index (χ4v) is 2.12. The predicted molar refractivity (Wildman–Crippen MR) is 81.9 cm³/mol. The minimum Gasteiger partial charge on any atom is -0.451 e. The summed E-state index contributed by atoms with van der Waals surface area (Å²) in [7, 11) is 0. The number of halogens is 2. The lowest BCUT2D eigenvalue weighted by molar-refractivity contribution is 0.0914. The number of carbonyl (C=O) groups excluding carboxylic acids is 1. The van der Waals surface area contributed by atoms with Crippen LogP contribution in [0.5, 0.6) is 0 Å². The highest BCUT2D eigenvalue weighted by atomic mass is 79.9. The molecule has 0 unspecified atom stereocenters. The number of aryl methyl sites for hydroxylation is 1. The zero-order chi connectivity index (χ0) is 13.3. The highest BCUT2D eigenvalue weighted by molar-refractivity contribution is 9.10. The second-order valence-electron chi connectivity index (χ2n) is 4.31. The first-order valence-corrected chi connectivity index (χ1v) is 6.51. The molecule has 4 nitrogen and oxygen atoms in total. The Labute approximate surface area is 126 Å². The molecule has 1 aromatic heterocycles. The molecule has 1 amide bonds. The second kappa shape index (κ2) is 6.41. The van der Waals surface area contributed by atoms with Crippen LogP contribution in [0.2, 0.25) is 0 Å². The normalized spacial score (nSPS) is 12.0. The Morgan fingerprint density at radius 3 is 2.84 bits per heavy atom. The molecule has 0 spiro atoms. The van der Waals surface area contributed by atoms with Crippen LogP contribution in [0.4, 0.5) is 0 Å². The summed E-state index contributed by atoms with van der Waals surface area (Å²) < 4.78 is 6.55. The number of nitrogens with two attached hydrogens (primary N) is 1. The fraction of sp³-hybridized carbons (Fsp3) is 0.308. The monoisotopic (exact) mass is 346 g/mol. The van der Waals surface area contributed by atoms with Crippen LogP contribution in [-0.4, -0.2) is 18.5 Å². The van der Waals surface area contributed by atoms with Crippen LogP contribution < -0.4 is 11.1 Å². The first-order chi connectivity index (χ1) is 8.52. The van der Waals surface area contributed by atoms with Crippen molar-refractivity contribution in [2.24, 2.45) is 5.73 Å². The van der Waals surface area contributed by atoms with Gasteiger partial charge in [-0.3, -0.25) is 4.79 Å². The maximum atomic E-state index is 12.0. The molecule has 0 aliphatic carbocycles. The SMILES string of the molecule is Cc1c(C(=O)N[C@@H](C)CN)oc2ccc(Br)cc12.Cl. The Hall–Kier alpha value is -1.04. The molecule has 104 valence electrons. The number of amides is 1. The van der Waals surface area contributed by atoms with Crippen molar-refractivity contribution in [2.75, 3.05) is 6.54 Å². The zero-order valence-electron chi connectivity index (χ0n) is 10.7. The van der Waals surface area contributed by atoms with E-state index in [4.69, 9.17) is 10.2 Å². The van der Waals surface area contributed by atoms with Gasteiger partial charge in [0.25, 0.3) is 5.91 Å². The van der Waals surface area contributed by atoms with Crippen LogP contribution in [0.1, 0.15) is 23.0 Å². The van der Waals surface area contributed by atoms with Gasteiger partial charge in [0.2, 0.25) is 0 Å². The van der Waals surface area contributed by atoms with Crippen LogP contribution in [0.25, 0.3) is 11.0 Å². The summed E-state index contributed by atoms with van der Waals surface area (Å²) in [6.07, 6.45) is 0. The molecule has 0 radical (unpaired) electrons. The van der Waals surface area contributed by atoms with E-state index in [1.54, 1.807) is 0 Å². The highest BCUT2D eigenvalue weighted by Crippen LogP contribution is 2.27. The molecule has 6 heteroatoms. The maximum absolute atomic E-state index is 12.0. The Kier molecular flexibility index (Phi) is 5.40. The Bertz CT molecular complexity index is 598. The first-order valence-electron chi connectivity index (χ1n) is 5.72. The molecular weight excluding hydrogens is 332 g/mol. The molecule has 1 atom stereocenters. The van der Waals surface area contributed by atoms with Gasteiger partial charge in [-0.1, -0.05) is 15.9 Å². The van der Waals surface area contributed by atoms with Gasteiger partial charge in [0, 0.05) is 28.0 Å². The van der Waals surface area contributed by atoms with E-state index in [-0.39, 0.29) is 24.4 Å². The molecule has 1 heterocycles. The number of hydrogen-bond donors (Lipinski definition) is 2. The van der Waals surface area contributed by atoms with Gasteiger partial charge in [0.05, 0.1) is 0 Å². The number of carbonyl (C=O) groups is 1. The second-order valence-corrected chi connectivity index (χ2v) is 5.22. The molecular formula is C13H16BrClN2O2. The standard InChI is InChI=1S/C13H15BrN2O2.ClH/c1-7(6-15)16-13(17)12-8(2)10-5-9(14)3-4-11(10)18-12;/h3-5,7H,6,15H2,1-2H3,(H,16,17);1H/t7-;/m0./s1. The van der Waals surface area contributed by atoms with E-state index in [9.17, 15) is 4.79 Å². The van der Waals surface area contributed by atoms with Gasteiger partial charge >= 0.3 is 0 Å². The van der Waals surface area contributed by atoms with Crippen molar-refractivity contribution in [2.45, 2.75) is 19.9 Å². The van der Waals surface area contributed by atoms with Gasteiger partial charge in [-0.25, -0.2) is 0 Å². The van der Waals surface area contributed by atoms with E-state index in [1.807, 2.05) is 32.0 Å². The topological polar surface area (TPSA) is 68.3 Å². The van der Waals surface area contributed by atoms with Crippen LogP contribution >= 0.6 is 28.3 Å². The third-order valence-corrected chi connectivity index (χ3v) is 3.33. The van der Waals surface area contributed by atoms with Gasteiger partial charge in [-0.05, 0) is 32.0 Å². The summed E-state index contributed by atoms with van der Waals surface area (Å²) in [5.74, 6) is 0.126. The van der Waals surface area contributed by atoms with Gasteiger partial charge in [0.1, 0.15) is 5.58 Å². The van der Waals surface area contributed by atoms with Gasteiger partial charge in [-0.15, -0.1) is 12.4 Å². The van der Waals surface area contributed by atoms with E-state index in [1.165, 1.54) is 0 Å². The van der Waals surface area contributed by atoms with Crippen molar-refractivity contribution >= 4 is 45.2 Å². The van der Waals surface area contributed by atoms with Crippen molar-refractivity contribution in [1.29, 1.82) is 0 Å². The predicted octanol–water partition coefficient (Wildman–Crippen LogP) is 3.00. The van der Waals surface area contributed by atoms with Crippen LogP contribution in [0.15, 0.2) is 27.1 Å². The summed E-state index contributed by atoms with van der Waals surface area (Å²) >= 11 is 3.41. The maximum Gasteiger partial charge on any atom is 0.287 e. The Balaban J connectivity index is 0.00000180. The summed E-state index contributed by atoms with van der Waals surface area (Å²) in [6, 6.07) is 5.60. The van der Waals surface area contributed by atoms with Crippen LogP contribution in [0.3, 0.4) is 0 Å². The number of benzene rings is 1. The van der Waals surface area contributed by atoms with E-state index >= 15 is 0 Å². The average molecular weight is 348 g/mol. The van der Waals surface area contributed by atoms with Crippen molar-refractivity contribution < 1.29 is 9.21 Å². The van der Waals surface area contributed by atoms with Crippen LogP contribution in [-0.2, 0) is 0 Å². The molecule has 2 aromatic rings. The molecule has 0 saturated heterocycles. The van der Waals surface area contributed by atoms with E-state index in [2.05, 4.69) is 21.2 Å². The molecule has 0 bridgehead atoms. The van der Waals surface area contributed by atoms with Gasteiger partial charge in [-0.2, -0.15) is 0 Å². The summed E-state index contributed by atoms with van der Waals surface area (Å²) in [6.45, 7) is 4.13. The number of fused-ring (bicyclic) bond motifs is 1. The molecule has 0 saturated carbocycles. The van der Waals surface area contributed by atoms with Crippen molar-refractivity contribution in [1.82, 2.24) is 5.32 Å². The van der Waals surface area contributed by atoms with E-state index < -0.39 is 0 Å². The van der Waals surface area contributed by atoms with Crippen molar-refractivity contribution in [3.05, 3.63) is 34.0 Å². The zero-order valence-corrected chi connectivity index (χ0v) is 13.1. The lowest BCUT2D eigenvalue weighted by atomic mass is 10.1.